The van der Waals surface area contributed by atoms with Gasteiger partial charge in [0.15, 0.2) is 5.78 Å². The van der Waals surface area contributed by atoms with Crippen LogP contribution in [0.5, 0.6) is 0 Å². The predicted molar refractivity (Wildman–Crippen MR) is 172 cm³/mol. The van der Waals surface area contributed by atoms with Crippen molar-refractivity contribution < 1.29 is 23.1 Å². The van der Waals surface area contributed by atoms with Gasteiger partial charge in [-0.1, -0.05) is 50.6 Å². The molecule has 2 aromatic carbocycles. The second-order valence-corrected chi connectivity index (χ2v) is 13.3. The Hall–Kier alpha value is -2.77. The lowest BCUT2D eigenvalue weighted by atomic mass is 9.84. The Bertz CT molecular complexity index is 1400. The van der Waals surface area contributed by atoms with Crippen LogP contribution in [0.4, 0.5) is 8.78 Å². The third-order valence-electron chi connectivity index (χ3n) is 8.91. The van der Waals surface area contributed by atoms with Crippen LogP contribution < -0.4 is 10.4 Å². The van der Waals surface area contributed by atoms with E-state index in [-0.39, 0.29) is 11.7 Å². The fourth-order valence-electron chi connectivity index (χ4n) is 6.14. The number of hydrogen-bond donors (Lipinski definition) is 0. The van der Waals surface area contributed by atoms with Gasteiger partial charge in [-0.3, -0.25) is 9.59 Å². The summed E-state index contributed by atoms with van der Waals surface area (Å²) in [6, 6.07) is 10.5. The van der Waals surface area contributed by atoms with Crippen molar-refractivity contribution in [2.75, 3.05) is 26.8 Å². The van der Waals surface area contributed by atoms with Gasteiger partial charge in [0.2, 0.25) is 0 Å². The van der Waals surface area contributed by atoms with Gasteiger partial charge in [0.05, 0.1) is 0 Å². The van der Waals surface area contributed by atoms with Crippen LogP contribution in [-0.2, 0) is 4.74 Å². The van der Waals surface area contributed by atoms with Crippen molar-refractivity contribution in [1.29, 1.82) is 0 Å². The number of ketones is 1. The lowest BCUT2D eigenvalue weighted by Gasteiger charge is -2.39. The molecule has 0 N–H and O–H groups in total. The van der Waals surface area contributed by atoms with Crippen molar-refractivity contribution >= 4 is 35.6 Å². The Kier molecular flexibility index (Phi) is 11.8. The molecule has 1 saturated heterocycles. The second-order valence-electron chi connectivity index (χ2n) is 12.1. The number of methoxy groups -OCH3 is 1. The summed E-state index contributed by atoms with van der Waals surface area (Å²) in [7, 11) is 1.71. The number of nitrogens with zero attached hydrogens (tertiary/aromatic N) is 1. The van der Waals surface area contributed by atoms with E-state index in [0.29, 0.717) is 52.5 Å². The number of amides is 1. The first-order valence-electron chi connectivity index (χ1n) is 15.6. The zero-order valence-corrected chi connectivity index (χ0v) is 26.6. The molecule has 4 rings (SSSR count). The standard InChI is InChI=1S/C36H45F2NO3S/c1-5-36(37,38)43-31-18-15-29(16-19-31)35(41)39-23-27(24-39)10-9-11-30-22-33-26(3)32(20-17-28(33)14-13-25(30)2)34(40)12-7-6-8-21-42-4/h5,14-20,22,25,27,30H,1,6-13,21,23-24H2,2-4H3. The van der Waals surface area contributed by atoms with Gasteiger partial charge in [-0.15, -0.1) is 0 Å². The highest BCUT2D eigenvalue weighted by Crippen LogP contribution is 2.37. The highest BCUT2D eigenvalue weighted by molar-refractivity contribution is 8.00. The van der Waals surface area contributed by atoms with Crippen molar-refractivity contribution in [1.82, 2.24) is 4.90 Å². The number of carbonyl (C=O) groups excluding carboxylic acids is 2. The maximum absolute atomic E-state index is 13.5. The van der Waals surface area contributed by atoms with E-state index in [1.54, 1.807) is 31.4 Å². The number of benzene rings is 2. The number of ether oxygens (including phenoxy) is 1. The van der Waals surface area contributed by atoms with Gasteiger partial charge in [-0.05, 0) is 115 Å². The minimum Gasteiger partial charge on any atom is -0.385 e. The van der Waals surface area contributed by atoms with E-state index in [1.807, 2.05) is 11.0 Å². The van der Waals surface area contributed by atoms with Crippen LogP contribution in [-0.4, -0.2) is 48.7 Å². The van der Waals surface area contributed by atoms with E-state index < -0.39 is 5.25 Å². The van der Waals surface area contributed by atoms with Crippen LogP contribution in [0.25, 0.3) is 12.2 Å². The molecule has 0 saturated carbocycles. The summed E-state index contributed by atoms with van der Waals surface area (Å²) < 4.78 is 32.2. The quantitative estimate of drug-likeness (QED) is 0.0913. The van der Waals surface area contributed by atoms with Crippen LogP contribution in [0.1, 0.15) is 84.6 Å². The molecule has 2 aromatic rings. The van der Waals surface area contributed by atoms with Gasteiger partial charge in [-0.25, -0.2) is 0 Å². The van der Waals surface area contributed by atoms with Gasteiger partial charge in [0.25, 0.3) is 5.91 Å². The van der Waals surface area contributed by atoms with Crippen LogP contribution >= 0.6 is 11.8 Å². The number of carbonyl (C=O) groups is 2. The molecule has 232 valence electrons. The number of fused-ring (bicyclic) bond motifs is 1. The van der Waals surface area contributed by atoms with Crippen molar-refractivity contribution in [3.63, 3.8) is 0 Å². The van der Waals surface area contributed by atoms with E-state index >= 15 is 0 Å². The van der Waals surface area contributed by atoms with E-state index in [1.165, 1.54) is 10.4 Å². The number of alkyl halides is 2. The third-order valence-corrected chi connectivity index (χ3v) is 9.86. The summed E-state index contributed by atoms with van der Waals surface area (Å²) in [5.41, 5.74) is 2.48. The van der Waals surface area contributed by atoms with Crippen LogP contribution in [0.15, 0.2) is 53.9 Å². The number of unbranched alkanes of at least 4 members (excludes halogenated alkanes) is 2. The smallest absolute Gasteiger partial charge is 0.316 e. The number of likely N-dealkylation sites (tertiary alicyclic amines) is 1. The molecule has 4 nitrogen and oxygen atoms in total. The summed E-state index contributed by atoms with van der Waals surface area (Å²) >= 11 is 0.421. The van der Waals surface area contributed by atoms with Crippen LogP contribution in [0.3, 0.4) is 0 Å². The van der Waals surface area contributed by atoms with Crippen LogP contribution in [0.2, 0.25) is 0 Å². The molecule has 43 heavy (non-hydrogen) atoms. The molecule has 1 heterocycles. The van der Waals surface area contributed by atoms with Gasteiger partial charge in [0, 0.05) is 49.2 Å². The number of rotatable bonds is 15. The largest absolute Gasteiger partial charge is 0.385 e. The molecule has 1 amide bonds. The van der Waals surface area contributed by atoms with E-state index in [2.05, 4.69) is 38.6 Å². The molecule has 0 aromatic heterocycles. The molecule has 1 aliphatic carbocycles. The highest BCUT2D eigenvalue weighted by atomic mass is 32.2. The summed E-state index contributed by atoms with van der Waals surface area (Å²) in [6.45, 7) is 9.79. The first-order valence-corrected chi connectivity index (χ1v) is 16.4. The third kappa shape index (κ3) is 8.89. The Balaban J connectivity index is 1.29. The Labute approximate surface area is 259 Å². The Morgan fingerprint density at radius 3 is 2.51 bits per heavy atom. The summed E-state index contributed by atoms with van der Waals surface area (Å²) in [5, 5.41) is -0.579. The van der Waals surface area contributed by atoms with Crippen LogP contribution in [0, 0.1) is 24.7 Å². The molecule has 2 atom stereocenters. The lowest BCUT2D eigenvalue weighted by Crippen LogP contribution is -2.49. The number of hydrogen-bond acceptors (Lipinski definition) is 4. The average molecular weight is 610 g/mol. The lowest BCUT2D eigenvalue weighted by molar-refractivity contribution is 0.0478. The monoisotopic (exact) mass is 609 g/mol. The molecular weight excluding hydrogens is 564 g/mol. The highest BCUT2D eigenvalue weighted by Gasteiger charge is 2.31. The van der Waals surface area contributed by atoms with Crippen molar-refractivity contribution in [2.24, 2.45) is 17.8 Å². The molecule has 1 fully saturated rings. The molecule has 0 spiro atoms. The zero-order chi connectivity index (χ0) is 31.0. The maximum Gasteiger partial charge on any atom is 0.316 e. The van der Waals surface area contributed by atoms with Gasteiger partial charge < -0.3 is 9.64 Å². The summed E-state index contributed by atoms with van der Waals surface area (Å²) in [6.07, 6.45) is 13.1. The van der Waals surface area contributed by atoms with Gasteiger partial charge in [0.1, 0.15) is 0 Å². The van der Waals surface area contributed by atoms with Crippen molar-refractivity contribution in [3.8, 4) is 0 Å². The van der Waals surface area contributed by atoms with Gasteiger partial charge in [-0.2, -0.15) is 8.78 Å². The molecule has 1 aliphatic heterocycles. The summed E-state index contributed by atoms with van der Waals surface area (Å²) in [4.78, 5) is 28.1. The molecule has 2 unspecified atom stereocenters. The number of halogens is 2. The first kappa shape index (κ1) is 33.1. The second kappa shape index (κ2) is 15.3. The fourth-order valence-corrected chi connectivity index (χ4v) is 6.81. The van der Waals surface area contributed by atoms with Crippen molar-refractivity contribution in [2.45, 2.75) is 75.4 Å². The zero-order valence-electron chi connectivity index (χ0n) is 25.7. The molecule has 2 aliphatic rings. The molecular formula is C36H45F2NO3S. The molecule has 7 heteroatoms. The molecule has 0 bridgehead atoms. The number of thioether (sulfide) groups is 1. The summed E-state index contributed by atoms with van der Waals surface area (Å²) in [5.74, 6) is 1.64. The average Bonchev–Trinajstić information content (AvgIpc) is 3.13. The van der Waals surface area contributed by atoms with Gasteiger partial charge >= 0.3 is 5.25 Å². The van der Waals surface area contributed by atoms with E-state index in [9.17, 15) is 18.4 Å². The topological polar surface area (TPSA) is 46.6 Å². The minimum atomic E-state index is -3.03. The minimum absolute atomic E-state index is 0.0445. The maximum atomic E-state index is 13.5. The fraction of sp³-hybridized carbons (Fsp3) is 0.500. The first-order chi connectivity index (χ1) is 20.6. The normalized spacial score (nSPS) is 18.6. The van der Waals surface area contributed by atoms with E-state index in [4.69, 9.17) is 4.74 Å². The number of Topliss-reactive ketones (excluding diaryl/α,β-unsaturated/α-hetero) is 1. The van der Waals surface area contributed by atoms with Crippen molar-refractivity contribution in [3.05, 3.63) is 76.2 Å². The van der Waals surface area contributed by atoms with E-state index in [0.717, 1.165) is 75.8 Å². The Morgan fingerprint density at radius 2 is 1.81 bits per heavy atom. The Morgan fingerprint density at radius 1 is 1.07 bits per heavy atom. The molecule has 0 radical (unpaired) electrons. The SMILES string of the molecule is C=CC(F)(F)Sc1ccc(C(=O)N2CC(CCCC3C=c4c(C)c(C(=O)CCCCCOC)ccc4=CCC3C)C2)cc1. The predicted octanol–water partition coefficient (Wildman–Crippen LogP) is 7.41.